The van der Waals surface area contributed by atoms with Crippen LogP contribution in [0, 0.1) is 5.92 Å². The van der Waals surface area contributed by atoms with Crippen LogP contribution in [0.4, 0.5) is 4.79 Å². The Morgan fingerprint density at radius 3 is 2.29 bits per heavy atom. The number of amides is 2. The molecule has 8 heteroatoms. The summed E-state index contributed by atoms with van der Waals surface area (Å²) < 4.78 is 11.1. The zero-order chi connectivity index (χ0) is 24.3. The smallest absolute Gasteiger partial charge is 0.408 e. The molecule has 8 nitrogen and oxygen atoms in total. The van der Waals surface area contributed by atoms with E-state index in [4.69, 9.17) is 9.47 Å². The van der Waals surface area contributed by atoms with Gasteiger partial charge in [0.15, 0.2) is 0 Å². The lowest BCUT2D eigenvalue weighted by molar-refractivity contribution is -0.144. The van der Waals surface area contributed by atoms with Crippen molar-refractivity contribution in [3.8, 4) is 11.1 Å². The third-order valence-corrected chi connectivity index (χ3v) is 6.70. The molecule has 0 bridgehead atoms. The topological polar surface area (TPSA) is 105 Å². The number of hydrogen-bond donors (Lipinski definition) is 2. The molecule has 0 saturated carbocycles. The highest BCUT2D eigenvalue weighted by Gasteiger charge is 2.46. The molecule has 1 aliphatic carbocycles. The average Bonchev–Trinajstić information content (AvgIpc) is 3.44. The highest BCUT2D eigenvalue weighted by Crippen LogP contribution is 2.44. The van der Waals surface area contributed by atoms with Gasteiger partial charge in [0.1, 0.15) is 12.1 Å². The fraction of sp³-hybridized carbons (Fsp3) is 0.423. The van der Waals surface area contributed by atoms with Crippen LogP contribution in [-0.2, 0) is 19.1 Å². The van der Waals surface area contributed by atoms with Crippen LogP contribution in [0.1, 0.15) is 37.3 Å². The zero-order valence-electron chi connectivity index (χ0n) is 19.5. The van der Waals surface area contributed by atoms with Crippen LogP contribution in [0.2, 0.25) is 0 Å². The number of hydrogen-bond acceptors (Lipinski definition) is 5. The summed E-state index contributed by atoms with van der Waals surface area (Å²) in [5.41, 5.74) is 3.21. The third kappa shape index (κ3) is 4.50. The first kappa shape index (κ1) is 23.8. The second-order valence-electron chi connectivity index (χ2n) is 8.92. The van der Waals surface area contributed by atoms with Crippen LogP contribution < -0.4 is 5.32 Å². The van der Waals surface area contributed by atoms with E-state index in [0.29, 0.717) is 19.6 Å². The van der Waals surface area contributed by atoms with Crippen molar-refractivity contribution in [2.45, 2.75) is 31.7 Å². The first-order valence-corrected chi connectivity index (χ1v) is 11.6. The van der Waals surface area contributed by atoms with Crippen LogP contribution in [0.3, 0.4) is 0 Å². The van der Waals surface area contributed by atoms with Gasteiger partial charge < -0.3 is 24.8 Å². The Morgan fingerprint density at radius 1 is 1.15 bits per heavy atom. The van der Waals surface area contributed by atoms with Gasteiger partial charge in [-0.15, -0.1) is 0 Å². The summed E-state index contributed by atoms with van der Waals surface area (Å²) in [6, 6.07) is 16.1. The van der Waals surface area contributed by atoms with Gasteiger partial charge in [-0.05, 0) is 29.2 Å². The molecule has 4 rings (SSSR count). The van der Waals surface area contributed by atoms with Gasteiger partial charge in [0.2, 0.25) is 0 Å². The van der Waals surface area contributed by atoms with Crippen LogP contribution in [0.15, 0.2) is 48.5 Å². The molecule has 0 aromatic heterocycles. The Bertz CT molecular complexity index is 1030. The van der Waals surface area contributed by atoms with E-state index in [0.717, 1.165) is 22.3 Å². The number of benzene rings is 2. The Kier molecular flexibility index (Phi) is 6.88. The number of carboxylic acid groups (broad SMARTS) is 1. The predicted molar refractivity (Wildman–Crippen MR) is 125 cm³/mol. The predicted octanol–water partition coefficient (Wildman–Crippen LogP) is 3.25. The zero-order valence-corrected chi connectivity index (χ0v) is 19.5. The van der Waals surface area contributed by atoms with E-state index >= 15 is 0 Å². The quantitative estimate of drug-likeness (QED) is 0.619. The van der Waals surface area contributed by atoms with E-state index in [-0.39, 0.29) is 31.6 Å². The minimum absolute atomic E-state index is 0.0218. The number of carbonyl (C=O) groups excluding carboxylic acids is 2. The Morgan fingerprint density at radius 2 is 1.76 bits per heavy atom. The van der Waals surface area contributed by atoms with Gasteiger partial charge in [0, 0.05) is 32.0 Å². The molecule has 2 amide bonds. The Labute approximate surface area is 198 Å². The SMILES string of the molecule is CCN(CC(C)C(=O)O)C(=O)C1(NC(=O)OCC2c3ccccc3-c3ccccc32)CCOC1. The maximum Gasteiger partial charge on any atom is 0.408 e. The molecule has 1 heterocycles. The monoisotopic (exact) mass is 466 g/mol. The van der Waals surface area contributed by atoms with Gasteiger partial charge in [-0.25, -0.2) is 4.79 Å². The lowest BCUT2D eigenvalue weighted by atomic mass is 9.96. The van der Waals surface area contributed by atoms with Gasteiger partial charge in [-0.3, -0.25) is 9.59 Å². The Balaban J connectivity index is 1.46. The number of nitrogens with zero attached hydrogens (tertiary/aromatic N) is 1. The molecular formula is C26H30N2O6. The second-order valence-corrected chi connectivity index (χ2v) is 8.92. The molecule has 0 radical (unpaired) electrons. The van der Waals surface area contributed by atoms with Crippen molar-refractivity contribution in [1.29, 1.82) is 0 Å². The van der Waals surface area contributed by atoms with Crippen molar-refractivity contribution in [2.24, 2.45) is 5.92 Å². The van der Waals surface area contributed by atoms with Gasteiger partial charge in [-0.2, -0.15) is 0 Å². The highest BCUT2D eigenvalue weighted by molar-refractivity contribution is 5.91. The van der Waals surface area contributed by atoms with Crippen molar-refractivity contribution in [2.75, 3.05) is 32.9 Å². The standard InChI is InChI=1S/C26H30N2O6/c1-3-28(14-17(2)23(29)30)24(31)26(12-13-33-16-26)27-25(32)34-15-22-20-10-6-4-8-18(20)19-9-5-7-11-21(19)22/h4-11,17,22H,3,12-16H2,1-2H3,(H,27,32)(H,29,30). The van der Waals surface area contributed by atoms with Crippen molar-refractivity contribution < 1.29 is 29.0 Å². The lowest BCUT2D eigenvalue weighted by Crippen LogP contribution is -2.61. The molecule has 2 aliphatic rings. The number of carbonyl (C=O) groups is 3. The molecular weight excluding hydrogens is 436 g/mol. The summed E-state index contributed by atoms with van der Waals surface area (Å²) in [5, 5.41) is 12.0. The van der Waals surface area contributed by atoms with Crippen molar-refractivity contribution in [3.05, 3.63) is 59.7 Å². The molecule has 2 atom stereocenters. The van der Waals surface area contributed by atoms with Gasteiger partial charge in [0.25, 0.3) is 5.91 Å². The van der Waals surface area contributed by atoms with E-state index in [2.05, 4.69) is 17.4 Å². The number of rotatable bonds is 8. The second kappa shape index (κ2) is 9.85. The van der Waals surface area contributed by atoms with Crippen LogP contribution in [0.25, 0.3) is 11.1 Å². The van der Waals surface area contributed by atoms with E-state index < -0.39 is 23.5 Å². The normalized spacial score (nSPS) is 19.7. The molecule has 1 aliphatic heterocycles. The summed E-state index contributed by atoms with van der Waals surface area (Å²) in [4.78, 5) is 39.0. The summed E-state index contributed by atoms with van der Waals surface area (Å²) >= 11 is 0. The van der Waals surface area contributed by atoms with E-state index in [1.165, 1.54) is 4.90 Å². The molecule has 2 N–H and O–H groups in total. The van der Waals surface area contributed by atoms with Crippen LogP contribution in [0.5, 0.6) is 0 Å². The summed E-state index contributed by atoms with van der Waals surface area (Å²) in [7, 11) is 0. The molecule has 2 unspecified atom stereocenters. The van der Waals surface area contributed by atoms with E-state index in [9.17, 15) is 19.5 Å². The van der Waals surface area contributed by atoms with Gasteiger partial charge in [0.05, 0.1) is 12.5 Å². The van der Waals surface area contributed by atoms with Crippen molar-refractivity contribution >= 4 is 18.0 Å². The summed E-state index contributed by atoms with van der Waals surface area (Å²) in [5.74, 6) is -2.15. The average molecular weight is 467 g/mol. The summed E-state index contributed by atoms with van der Waals surface area (Å²) in [6.07, 6.45) is -0.392. The van der Waals surface area contributed by atoms with Gasteiger partial charge in [-0.1, -0.05) is 55.5 Å². The molecule has 2 aromatic rings. The fourth-order valence-corrected chi connectivity index (χ4v) is 4.78. The minimum Gasteiger partial charge on any atom is -0.481 e. The number of aliphatic carboxylic acids is 1. The number of alkyl carbamates (subject to hydrolysis) is 1. The van der Waals surface area contributed by atoms with Gasteiger partial charge >= 0.3 is 12.1 Å². The number of likely N-dealkylation sites (N-methyl/N-ethyl adjacent to an activating group) is 1. The first-order valence-electron chi connectivity index (χ1n) is 11.6. The fourth-order valence-electron chi connectivity index (χ4n) is 4.78. The molecule has 1 fully saturated rings. The largest absolute Gasteiger partial charge is 0.481 e. The highest BCUT2D eigenvalue weighted by atomic mass is 16.6. The van der Waals surface area contributed by atoms with Crippen LogP contribution >= 0.6 is 0 Å². The van der Waals surface area contributed by atoms with E-state index in [1.54, 1.807) is 13.8 Å². The maximum atomic E-state index is 13.4. The van der Waals surface area contributed by atoms with Crippen molar-refractivity contribution in [3.63, 3.8) is 0 Å². The molecule has 0 spiro atoms. The first-order chi connectivity index (χ1) is 16.4. The number of fused-ring (bicyclic) bond motifs is 3. The van der Waals surface area contributed by atoms with Crippen molar-refractivity contribution in [1.82, 2.24) is 10.2 Å². The maximum absolute atomic E-state index is 13.4. The molecule has 34 heavy (non-hydrogen) atoms. The summed E-state index contributed by atoms with van der Waals surface area (Å²) in [6.45, 7) is 4.19. The number of nitrogens with one attached hydrogen (secondary N) is 1. The number of carboxylic acids is 1. The number of ether oxygens (including phenoxy) is 2. The Hall–Kier alpha value is -3.39. The molecule has 1 saturated heterocycles. The lowest BCUT2D eigenvalue weighted by Gasteiger charge is -2.34. The molecule has 180 valence electrons. The third-order valence-electron chi connectivity index (χ3n) is 6.70. The minimum atomic E-state index is -1.27. The molecule has 2 aromatic carbocycles. The van der Waals surface area contributed by atoms with Crippen LogP contribution in [-0.4, -0.2) is 66.4 Å². The van der Waals surface area contributed by atoms with E-state index in [1.807, 2.05) is 36.4 Å².